The van der Waals surface area contributed by atoms with E-state index < -0.39 is 5.97 Å². The van der Waals surface area contributed by atoms with Gasteiger partial charge in [-0.25, -0.2) is 14.8 Å². The second kappa shape index (κ2) is 11.1. The van der Waals surface area contributed by atoms with Crippen LogP contribution in [0.5, 0.6) is 0 Å². The van der Waals surface area contributed by atoms with Crippen LogP contribution in [0.3, 0.4) is 0 Å². The van der Waals surface area contributed by atoms with E-state index in [2.05, 4.69) is 25.3 Å². The topological polar surface area (TPSA) is 118 Å². The molecule has 4 aromatic heterocycles. The summed E-state index contributed by atoms with van der Waals surface area (Å²) in [6.45, 7) is 1.04. The standard InChI is InChI=1S/C31H25N7O3/c39-30-25(14-9-17-37(30)27-15-7-8-16-32-27)34-26-18-28(38-29(35-26)24(19-33-38)31(40)41)36(20-22-10-3-1-4-11-22)21-23-12-5-2-6-13-23/h1-19H,20-21H2,(H,34,35)(H,40,41). The van der Waals surface area contributed by atoms with Crippen molar-refractivity contribution in [1.82, 2.24) is 24.1 Å². The molecule has 4 heterocycles. The number of nitrogens with one attached hydrogen (secondary N) is 1. The Morgan fingerprint density at radius 2 is 1.56 bits per heavy atom. The van der Waals surface area contributed by atoms with E-state index in [0.29, 0.717) is 30.5 Å². The number of fused-ring (bicyclic) bond motifs is 1. The predicted molar refractivity (Wildman–Crippen MR) is 156 cm³/mol. The molecule has 2 N–H and O–H groups in total. The van der Waals surface area contributed by atoms with Gasteiger partial charge in [-0.15, -0.1) is 0 Å². The maximum Gasteiger partial charge on any atom is 0.341 e. The first-order chi connectivity index (χ1) is 20.1. The highest BCUT2D eigenvalue weighted by molar-refractivity contribution is 5.94. The van der Waals surface area contributed by atoms with Crippen LogP contribution in [0.4, 0.5) is 17.3 Å². The summed E-state index contributed by atoms with van der Waals surface area (Å²) in [6, 6.07) is 30.4. The fourth-order valence-electron chi connectivity index (χ4n) is 4.62. The van der Waals surface area contributed by atoms with E-state index in [1.54, 1.807) is 48.8 Å². The summed E-state index contributed by atoms with van der Waals surface area (Å²) in [6.07, 6.45) is 4.54. The molecular formula is C31H25N7O3. The lowest BCUT2D eigenvalue weighted by Crippen LogP contribution is -2.25. The minimum absolute atomic E-state index is 0.0479. The van der Waals surface area contributed by atoms with Crippen LogP contribution in [0.1, 0.15) is 21.5 Å². The lowest BCUT2D eigenvalue weighted by molar-refractivity contribution is 0.0698. The molecule has 0 aliphatic heterocycles. The number of anilines is 3. The third-order valence-electron chi connectivity index (χ3n) is 6.55. The highest BCUT2D eigenvalue weighted by Crippen LogP contribution is 2.27. The molecule has 0 unspecified atom stereocenters. The number of pyridine rings is 2. The maximum absolute atomic E-state index is 13.4. The molecule has 0 atom stereocenters. The zero-order valence-electron chi connectivity index (χ0n) is 21.8. The van der Waals surface area contributed by atoms with E-state index in [-0.39, 0.29) is 22.5 Å². The number of nitrogens with zero attached hydrogens (tertiary/aromatic N) is 6. The molecule has 10 heteroatoms. The number of aromatic nitrogens is 5. The molecule has 0 aliphatic carbocycles. The first kappa shape index (κ1) is 25.5. The van der Waals surface area contributed by atoms with Crippen molar-refractivity contribution in [2.75, 3.05) is 10.2 Å². The summed E-state index contributed by atoms with van der Waals surface area (Å²) in [4.78, 5) is 36.4. The van der Waals surface area contributed by atoms with Crippen LogP contribution in [0, 0.1) is 0 Å². The zero-order valence-corrected chi connectivity index (χ0v) is 21.8. The van der Waals surface area contributed by atoms with Crippen molar-refractivity contribution in [3.05, 3.63) is 143 Å². The number of carbonyl (C=O) groups is 1. The Kier molecular flexibility index (Phi) is 6.93. The summed E-state index contributed by atoms with van der Waals surface area (Å²) in [5.41, 5.74) is 2.17. The van der Waals surface area contributed by atoms with E-state index in [1.807, 2.05) is 60.7 Å². The van der Waals surface area contributed by atoms with E-state index in [9.17, 15) is 14.7 Å². The predicted octanol–water partition coefficient (Wildman–Crippen LogP) is 4.92. The molecule has 10 nitrogen and oxygen atoms in total. The Hall–Kier alpha value is -5.77. The molecule has 41 heavy (non-hydrogen) atoms. The van der Waals surface area contributed by atoms with Crippen molar-refractivity contribution >= 4 is 28.9 Å². The molecule has 6 rings (SSSR count). The molecule has 202 valence electrons. The Labute approximate surface area is 234 Å². The number of hydrogen-bond donors (Lipinski definition) is 2. The average Bonchev–Trinajstić information content (AvgIpc) is 3.43. The first-order valence-electron chi connectivity index (χ1n) is 12.9. The molecule has 6 aromatic rings. The molecule has 0 saturated carbocycles. The van der Waals surface area contributed by atoms with Crippen molar-refractivity contribution in [1.29, 1.82) is 0 Å². The molecule has 0 amide bonds. The van der Waals surface area contributed by atoms with Crippen molar-refractivity contribution in [3.63, 3.8) is 0 Å². The van der Waals surface area contributed by atoms with Gasteiger partial charge in [0, 0.05) is 31.5 Å². The number of rotatable bonds is 9. The van der Waals surface area contributed by atoms with Gasteiger partial charge < -0.3 is 15.3 Å². The van der Waals surface area contributed by atoms with Gasteiger partial charge in [0.25, 0.3) is 5.56 Å². The summed E-state index contributed by atoms with van der Waals surface area (Å²) in [7, 11) is 0. The number of aromatic carboxylic acids is 1. The lowest BCUT2D eigenvalue weighted by Gasteiger charge is -2.26. The van der Waals surface area contributed by atoms with Crippen molar-refractivity contribution in [2.24, 2.45) is 0 Å². The molecule has 0 bridgehead atoms. The number of carboxylic acid groups (broad SMARTS) is 1. The Bertz CT molecular complexity index is 1830. The van der Waals surface area contributed by atoms with Gasteiger partial charge in [0.05, 0.1) is 6.20 Å². The van der Waals surface area contributed by atoms with E-state index in [4.69, 9.17) is 0 Å². The Balaban J connectivity index is 1.47. The van der Waals surface area contributed by atoms with Crippen molar-refractivity contribution < 1.29 is 9.90 Å². The molecule has 0 fully saturated rings. The third kappa shape index (κ3) is 5.39. The van der Waals surface area contributed by atoms with Gasteiger partial charge in [0.1, 0.15) is 28.7 Å². The number of hydrogen-bond acceptors (Lipinski definition) is 7. The highest BCUT2D eigenvalue weighted by Gasteiger charge is 2.21. The highest BCUT2D eigenvalue weighted by atomic mass is 16.4. The van der Waals surface area contributed by atoms with Gasteiger partial charge in [-0.3, -0.25) is 9.36 Å². The summed E-state index contributed by atoms with van der Waals surface area (Å²) in [5.74, 6) is 0.243. The summed E-state index contributed by atoms with van der Waals surface area (Å²) < 4.78 is 2.96. The second-order valence-electron chi connectivity index (χ2n) is 9.34. The molecular weight excluding hydrogens is 518 g/mol. The number of carboxylic acids is 1. The van der Waals surface area contributed by atoms with Gasteiger partial charge in [-0.05, 0) is 35.4 Å². The molecule has 0 saturated heterocycles. The SMILES string of the molecule is O=C(O)c1cnn2c(N(Cc3ccccc3)Cc3ccccc3)cc(Nc3cccn(-c4ccccn4)c3=O)nc12. The van der Waals surface area contributed by atoms with Gasteiger partial charge in [-0.2, -0.15) is 9.61 Å². The van der Waals surface area contributed by atoms with Crippen LogP contribution in [0.15, 0.2) is 120 Å². The third-order valence-corrected chi connectivity index (χ3v) is 6.55. The van der Waals surface area contributed by atoms with Crippen LogP contribution in [0.2, 0.25) is 0 Å². The monoisotopic (exact) mass is 543 g/mol. The Morgan fingerprint density at radius 3 is 2.20 bits per heavy atom. The van der Waals surface area contributed by atoms with E-state index >= 15 is 0 Å². The fraction of sp³-hybridized carbons (Fsp3) is 0.0645. The summed E-state index contributed by atoms with van der Waals surface area (Å²) >= 11 is 0. The summed E-state index contributed by atoms with van der Waals surface area (Å²) in [5, 5.41) is 17.4. The van der Waals surface area contributed by atoms with Crippen molar-refractivity contribution in [3.8, 4) is 5.82 Å². The van der Waals surface area contributed by atoms with Crippen LogP contribution in [-0.2, 0) is 13.1 Å². The van der Waals surface area contributed by atoms with E-state index in [1.165, 1.54) is 15.3 Å². The quantitative estimate of drug-likeness (QED) is 0.264. The van der Waals surface area contributed by atoms with Crippen LogP contribution in [-0.4, -0.2) is 35.2 Å². The van der Waals surface area contributed by atoms with Crippen molar-refractivity contribution in [2.45, 2.75) is 13.1 Å². The molecule has 0 spiro atoms. The van der Waals surface area contributed by atoms with E-state index in [0.717, 1.165) is 11.1 Å². The largest absolute Gasteiger partial charge is 0.477 e. The Morgan fingerprint density at radius 1 is 0.878 bits per heavy atom. The fourth-order valence-corrected chi connectivity index (χ4v) is 4.62. The maximum atomic E-state index is 13.4. The molecule has 2 aromatic carbocycles. The molecule has 0 radical (unpaired) electrons. The minimum Gasteiger partial charge on any atom is -0.477 e. The van der Waals surface area contributed by atoms with Gasteiger partial charge in [0.15, 0.2) is 5.65 Å². The smallest absolute Gasteiger partial charge is 0.341 e. The van der Waals surface area contributed by atoms with Crippen LogP contribution < -0.4 is 15.8 Å². The van der Waals surface area contributed by atoms with Gasteiger partial charge in [0.2, 0.25) is 0 Å². The number of benzene rings is 2. The van der Waals surface area contributed by atoms with Gasteiger partial charge in [-0.1, -0.05) is 66.7 Å². The average molecular weight is 544 g/mol. The van der Waals surface area contributed by atoms with Crippen LogP contribution >= 0.6 is 0 Å². The lowest BCUT2D eigenvalue weighted by atomic mass is 10.1. The second-order valence-corrected chi connectivity index (χ2v) is 9.34. The first-order valence-corrected chi connectivity index (χ1v) is 12.9. The normalized spacial score (nSPS) is 10.9. The minimum atomic E-state index is -1.15. The van der Waals surface area contributed by atoms with Crippen LogP contribution in [0.25, 0.3) is 11.5 Å². The molecule has 0 aliphatic rings. The van der Waals surface area contributed by atoms with Gasteiger partial charge >= 0.3 is 5.97 Å². The zero-order chi connectivity index (χ0) is 28.2.